The smallest absolute Gasteiger partial charge is 0.259 e. The minimum Gasteiger partial charge on any atom is -0.269 e. The highest BCUT2D eigenvalue weighted by atomic mass is 32.1. The van der Waals surface area contributed by atoms with E-state index in [1.807, 2.05) is 73.8 Å². The third-order valence-corrected chi connectivity index (χ3v) is 6.65. The summed E-state index contributed by atoms with van der Waals surface area (Å²) in [5.41, 5.74) is 3.51. The molecule has 3 heterocycles. The van der Waals surface area contributed by atoms with Crippen LogP contribution in [0.1, 0.15) is 15.6 Å². The van der Waals surface area contributed by atoms with Crippen molar-refractivity contribution in [3.05, 3.63) is 98.9 Å². The van der Waals surface area contributed by atoms with Crippen LogP contribution < -0.4 is 5.56 Å². The molecule has 0 bridgehead atoms. The first kappa shape index (κ1) is 18.7. The molecule has 0 aliphatic heterocycles. The number of hydrogen-bond acceptors (Lipinski definition) is 5. The Morgan fingerprint density at radius 2 is 1.60 bits per heavy atom. The zero-order chi connectivity index (χ0) is 20.5. The van der Waals surface area contributed by atoms with Gasteiger partial charge in [0.05, 0.1) is 21.3 Å². The van der Waals surface area contributed by atoms with E-state index in [0.717, 1.165) is 31.6 Å². The summed E-state index contributed by atoms with van der Waals surface area (Å²) >= 11 is 3.14. The largest absolute Gasteiger partial charge is 0.269 e. The minimum atomic E-state index is -0.0857. The van der Waals surface area contributed by atoms with Gasteiger partial charge >= 0.3 is 0 Å². The zero-order valence-corrected chi connectivity index (χ0v) is 17.8. The number of rotatable bonds is 4. The van der Waals surface area contributed by atoms with Gasteiger partial charge in [0, 0.05) is 22.7 Å². The Morgan fingerprint density at radius 1 is 0.900 bits per heavy atom. The van der Waals surface area contributed by atoms with Crippen molar-refractivity contribution in [2.24, 2.45) is 0 Å². The van der Waals surface area contributed by atoms with Crippen LogP contribution in [0.2, 0.25) is 0 Å². The molecule has 0 amide bonds. The Labute approximate surface area is 181 Å². The summed E-state index contributed by atoms with van der Waals surface area (Å²) in [4.78, 5) is 24.9. The highest BCUT2D eigenvalue weighted by Gasteiger charge is 2.18. The van der Waals surface area contributed by atoms with Gasteiger partial charge in [-0.2, -0.15) is 0 Å². The summed E-state index contributed by atoms with van der Waals surface area (Å²) in [6, 6.07) is 21.7. The number of nitrogens with zero attached hydrogens (tertiary/aromatic N) is 3. The number of benzene rings is 2. The van der Waals surface area contributed by atoms with E-state index in [1.165, 1.54) is 11.3 Å². The maximum atomic E-state index is 13.1. The molecule has 0 radical (unpaired) electrons. The lowest BCUT2D eigenvalue weighted by Crippen LogP contribution is -2.14. The molecule has 0 spiro atoms. The van der Waals surface area contributed by atoms with E-state index in [-0.39, 0.29) is 5.56 Å². The third kappa shape index (κ3) is 3.51. The van der Waals surface area contributed by atoms with E-state index in [1.54, 1.807) is 21.8 Å². The van der Waals surface area contributed by atoms with Gasteiger partial charge < -0.3 is 0 Å². The van der Waals surface area contributed by atoms with Crippen LogP contribution in [0.25, 0.3) is 38.8 Å². The second-order valence-electron chi connectivity index (χ2n) is 6.76. The van der Waals surface area contributed by atoms with Gasteiger partial charge in [0.15, 0.2) is 4.96 Å². The van der Waals surface area contributed by atoms with E-state index < -0.39 is 0 Å². The molecule has 5 rings (SSSR count). The van der Waals surface area contributed by atoms with Crippen molar-refractivity contribution in [1.29, 1.82) is 0 Å². The highest BCUT2D eigenvalue weighted by Crippen LogP contribution is 2.38. The van der Waals surface area contributed by atoms with Crippen LogP contribution in [-0.4, -0.2) is 14.4 Å². The summed E-state index contributed by atoms with van der Waals surface area (Å²) in [7, 11) is 0. The summed E-state index contributed by atoms with van der Waals surface area (Å²) in [5.74, 6) is 0. The molecule has 0 N–H and O–H groups in total. The van der Waals surface area contributed by atoms with Crippen molar-refractivity contribution in [2.75, 3.05) is 0 Å². The first-order chi connectivity index (χ1) is 14.7. The van der Waals surface area contributed by atoms with Gasteiger partial charge in [0.25, 0.3) is 5.56 Å². The molecule has 0 aliphatic rings. The fraction of sp³-hybridized carbons (Fsp3) is 0.0417. The summed E-state index contributed by atoms with van der Waals surface area (Å²) in [5, 5.41) is 1.01. The van der Waals surface area contributed by atoms with Crippen LogP contribution in [0.5, 0.6) is 0 Å². The van der Waals surface area contributed by atoms with Crippen LogP contribution in [0, 0.1) is 6.92 Å². The second-order valence-corrected chi connectivity index (χ2v) is 9.01. The molecular weight excluding hydrogens is 410 g/mol. The normalized spacial score (nSPS) is 11.5. The molecule has 0 fully saturated rings. The third-order valence-electron chi connectivity index (χ3n) is 4.68. The Balaban J connectivity index is 1.71. The Kier molecular flexibility index (Phi) is 4.86. The highest BCUT2D eigenvalue weighted by molar-refractivity contribution is 7.20. The van der Waals surface area contributed by atoms with Crippen molar-refractivity contribution in [3.63, 3.8) is 0 Å². The number of aryl methyl sites for hydroxylation is 1. The van der Waals surface area contributed by atoms with Crippen molar-refractivity contribution < 1.29 is 0 Å². The number of fused-ring (bicyclic) bond motifs is 1. The molecule has 146 valence electrons. The van der Waals surface area contributed by atoms with Crippen LogP contribution in [0.4, 0.5) is 0 Å². The second kappa shape index (κ2) is 7.82. The van der Waals surface area contributed by atoms with E-state index >= 15 is 0 Å². The monoisotopic (exact) mass is 427 g/mol. The van der Waals surface area contributed by atoms with Crippen molar-refractivity contribution in [1.82, 2.24) is 14.4 Å². The van der Waals surface area contributed by atoms with E-state index in [0.29, 0.717) is 10.7 Å². The minimum absolute atomic E-state index is 0.0857. The lowest BCUT2D eigenvalue weighted by atomic mass is 10.1. The summed E-state index contributed by atoms with van der Waals surface area (Å²) in [6.07, 6.45) is 5.65. The van der Waals surface area contributed by atoms with Gasteiger partial charge in [0.2, 0.25) is 0 Å². The van der Waals surface area contributed by atoms with Crippen molar-refractivity contribution in [3.8, 4) is 21.7 Å². The van der Waals surface area contributed by atoms with Gasteiger partial charge in [-0.15, -0.1) is 11.3 Å². The van der Waals surface area contributed by atoms with Crippen molar-refractivity contribution in [2.45, 2.75) is 6.92 Å². The Morgan fingerprint density at radius 3 is 2.27 bits per heavy atom. The molecule has 2 aromatic carbocycles. The molecule has 0 aliphatic carbocycles. The predicted molar refractivity (Wildman–Crippen MR) is 126 cm³/mol. The van der Waals surface area contributed by atoms with Gasteiger partial charge in [-0.05, 0) is 24.6 Å². The standard InChI is InChI=1S/C24H17N3OS2/c1-16-25-15-20(29-16)13-12-19-14-21(28)27-22(17-8-4-2-5-9-17)23(30-24(27)26-19)18-10-6-3-7-11-18/h2-15H,1H3. The predicted octanol–water partition coefficient (Wildman–Crippen LogP) is 6.03. The molecule has 30 heavy (non-hydrogen) atoms. The lowest BCUT2D eigenvalue weighted by molar-refractivity contribution is 1.08. The Hall–Kier alpha value is -3.35. The SMILES string of the molecule is Cc1ncc(C=Cc2cc(=O)n3c(-c4ccccc4)c(-c4ccccc4)sc3n2)s1. The Bertz CT molecular complexity index is 1410. The van der Waals surface area contributed by atoms with E-state index in [9.17, 15) is 4.79 Å². The van der Waals surface area contributed by atoms with Crippen LogP contribution in [-0.2, 0) is 0 Å². The molecule has 0 unspecified atom stereocenters. The number of hydrogen-bond donors (Lipinski definition) is 0. The molecule has 0 saturated carbocycles. The van der Waals surface area contributed by atoms with Crippen LogP contribution >= 0.6 is 22.7 Å². The van der Waals surface area contributed by atoms with Gasteiger partial charge in [0.1, 0.15) is 0 Å². The summed E-state index contributed by atoms with van der Waals surface area (Å²) < 4.78 is 1.72. The number of aromatic nitrogens is 3. The lowest BCUT2D eigenvalue weighted by Gasteiger charge is -2.06. The zero-order valence-electron chi connectivity index (χ0n) is 16.1. The fourth-order valence-electron chi connectivity index (χ4n) is 3.34. The molecule has 3 aromatic heterocycles. The van der Waals surface area contributed by atoms with E-state index in [2.05, 4.69) is 17.1 Å². The average Bonchev–Trinajstić information content (AvgIpc) is 3.37. The molecule has 6 heteroatoms. The topological polar surface area (TPSA) is 47.3 Å². The molecular formula is C24H17N3OS2. The van der Waals surface area contributed by atoms with E-state index in [4.69, 9.17) is 4.98 Å². The molecule has 5 aromatic rings. The quantitative estimate of drug-likeness (QED) is 0.352. The molecule has 0 saturated heterocycles. The molecule has 0 atom stereocenters. The number of thiazole rings is 2. The first-order valence-electron chi connectivity index (χ1n) is 9.47. The molecule has 4 nitrogen and oxygen atoms in total. The van der Waals surface area contributed by atoms with Gasteiger partial charge in [-0.3, -0.25) is 9.20 Å². The van der Waals surface area contributed by atoms with Crippen LogP contribution in [0.3, 0.4) is 0 Å². The summed E-state index contributed by atoms with van der Waals surface area (Å²) in [6.45, 7) is 1.97. The first-order valence-corrected chi connectivity index (χ1v) is 11.1. The average molecular weight is 428 g/mol. The maximum absolute atomic E-state index is 13.1. The van der Waals surface area contributed by atoms with Gasteiger partial charge in [-0.1, -0.05) is 72.0 Å². The van der Waals surface area contributed by atoms with Gasteiger partial charge in [-0.25, -0.2) is 9.97 Å². The fourth-order valence-corrected chi connectivity index (χ4v) is 5.20. The maximum Gasteiger partial charge on any atom is 0.259 e. The van der Waals surface area contributed by atoms with Crippen LogP contribution in [0.15, 0.2) is 77.7 Å². The van der Waals surface area contributed by atoms with Crippen molar-refractivity contribution >= 4 is 39.8 Å².